The van der Waals surface area contributed by atoms with E-state index in [-0.39, 0.29) is 29.6 Å². The van der Waals surface area contributed by atoms with Crippen LogP contribution in [0.15, 0.2) is 48.8 Å². The molecule has 0 aliphatic heterocycles. The van der Waals surface area contributed by atoms with Gasteiger partial charge in [-0.1, -0.05) is 0 Å². The van der Waals surface area contributed by atoms with Crippen LogP contribution in [0, 0.1) is 18.8 Å². The fourth-order valence-electron chi connectivity index (χ4n) is 5.28. The molecule has 3 aromatic rings. The first kappa shape index (κ1) is 32.9. The Kier molecular flexibility index (Phi) is 10.3. The van der Waals surface area contributed by atoms with Crippen molar-refractivity contribution in [1.82, 2.24) is 15.0 Å². The molecule has 3 N–H and O–H groups in total. The lowest BCUT2D eigenvalue weighted by Gasteiger charge is -2.37. The van der Waals surface area contributed by atoms with E-state index in [2.05, 4.69) is 20.3 Å². The van der Waals surface area contributed by atoms with Gasteiger partial charge in [-0.2, -0.15) is 0 Å². The Bertz CT molecular complexity index is 1450. The summed E-state index contributed by atoms with van der Waals surface area (Å²) in [5.41, 5.74) is 0.107. The number of anilines is 2. The summed E-state index contributed by atoms with van der Waals surface area (Å²) in [6, 6.07) is 9.77. The number of nitrogens with zero attached hydrogens (tertiary/aromatic N) is 3. The molecule has 1 atom stereocenters. The number of hydrogen-bond donors (Lipinski definition) is 3. The molecule has 0 aromatic carbocycles. The first-order valence-corrected chi connectivity index (χ1v) is 14.4. The molecule has 3 heterocycles. The molecule has 12 heteroatoms. The van der Waals surface area contributed by atoms with Crippen LogP contribution in [0.5, 0.6) is 0 Å². The van der Waals surface area contributed by atoms with Crippen LogP contribution >= 0.6 is 0 Å². The Morgan fingerprint density at radius 1 is 1.00 bits per heavy atom. The highest BCUT2D eigenvalue weighted by molar-refractivity contribution is 5.73. The quantitative estimate of drug-likeness (QED) is 0.181. The molecule has 0 spiro atoms. The van der Waals surface area contributed by atoms with Gasteiger partial charge in [0.05, 0.1) is 29.3 Å². The number of pyridine rings is 3. The minimum atomic E-state index is -2.61. The van der Waals surface area contributed by atoms with Gasteiger partial charge >= 0.3 is 11.9 Å². The summed E-state index contributed by atoms with van der Waals surface area (Å²) in [5, 5.41) is 24.1. The number of rotatable bonds is 11. The van der Waals surface area contributed by atoms with Gasteiger partial charge in [-0.15, -0.1) is 0 Å². The standard InChI is InChI=1S/C32H38F2N4O6/c1-19-13-24(37-27(14-19)38-26-15-21(29(33)34)11-12-35-26)22-7-10-25(36-17-22)32(4,42)23-8-5-20(6-9-23)30(40)44-18-43-28(39)16-31(2,3)41/h7,10-15,17,20,23,29,41-42H,5-6,8-9,16,18H2,1-4H3,(H,35,37,38)/t20?,23?,32-/m1/s1. The Hall–Kier alpha value is -4.03. The highest BCUT2D eigenvalue weighted by Gasteiger charge is 2.39. The molecular formula is C32H38F2N4O6. The molecule has 4 rings (SSSR count). The summed E-state index contributed by atoms with van der Waals surface area (Å²) in [4.78, 5) is 37.4. The summed E-state index contributed by atoms with van der Waals surface area (Å²) in [6.45, 7) is 6.07. The van der Waals surface area contributed by atoms with Crippen molar-refractivity contribution in [3.8, 4) is 11.3 Å². The maximum absolute atomic E-state index is 13.1. The lowest BCUT2D eigenvalue weighted by molar-refractivity contribution is -0.173. The number of halogens is 2. The van der Waals surface area contributed by atoms with Gasteiger partial charge in [0.25, 0.3) is 6.43 Å². The molecule has 0 amide bonds. The maximum Gasteiger partial charge on any atom is 0.311 e. The minimum absolute atomic E-state index is 0.140. The average molecular weight is 613 g/mol. The smallest absolute Gasteiger partial charge is 0.311 e. The normalized spacial score (nSPS) is 18.4. The number of carbonyl (C=O) groups is 2. The molecule has 10 nitrogen and oxygen atoms in total. The van der Waals surface area contributed by atoms with E-state index in [4.69, 9.17) is 9.47 Å². The molecular weight excluding hydrogens is 574 g/mol. The maximum atomic E-state index is 13.1. The van der Waals surface area contributed by atoms with Crippen molar-refractivity contribution >= 4 is 23.6 Å². The fraction of sp³-hybridized carbons (Fsp3) is 0.469. The van der Waals surface area contributed by atoms with E-state index >= 15 is 0 Å². The summed E-state index contributed by atoms with van der Waals surface area (Å²) in [5.74, 6) is -0.928. The van der Waals surface area contributed by atoms with Crippen LogP contribution < -0.4 is 5.32 Å². The van der Waals surface area contributed by atoms with Crippen molar-refractivity contribution in [3.63, 3.8) is 0 Å². The zero-order valence-electron chi connectivity index (χ0n) is 25.2. The SMILES string of the molecule is Cc1cc(Nc2cc(C(F)F)ccn2)nc(-c2ccc([C@](C)(O)C3CCC(C(=O)OCOC(=O)CC(C)(C)O)CC3)nc2)c1. The summed E-state index contributed by atoms with van der Waals surface area (Å²) in [7, 11) is 0. The van der Waals surface area contributed by atoms with Gasteiger partial charge in [-0.05, 0) is 101 Å². The van der Waals surface area contributed by atoms with Crippen LogP contribution in [-0.2, 0) is 24.7 Å². The molecule has 3 aromatic heterocycles. The van der Waals surface area contributed by atoms with Crippen molar-refractivity contribution in [3.05, 3.63) is 65.6 Å². The van der Waals surface area contributed by atoms with Gasteiger partial charge < -0.3 is 25.0 Å². The largest absolute Gasteiger partial charge is 0.428 e. The predicted octanol–water partition coefficient (Wildman–Crippen LogP) is 5.75. The number of esters is 2. The second kappa shape index (κ2) is 13.7. The van der Waals surface area contributed by atoms with E-state index in [0.717, 1.165) is 5.56 Å². The lowest BCUT2D eigenvalue weighted by Crippen LogP contribution is -2.37. The van der Waals surface area contributed by atoms with Crippen molar-refractivity contribution in [1.29, 1.82) is 0 Å². The van der Waals surface area contributed by atoms with Gasteiger partial charge in [0.2, 0.25) is 6.79 Å². The molecule has 1 aliphatic rings. The molecule has 236 valence electrons. The van der Waals surface area contributed by atoms with Gasteiger partial charge in [-0.25, -0.2) is 18.7 Å². The molecule has 44 heavy (non-hydrogen) atoms. The number of hydrogen-bond acceptors (Lipinski definition) is 10. The molecule has 0 unspecified atom stereocenters. The second-order valence-electron chi connectivity index (χ2n) is 12.0. The minimum Gasteiger partial charge on any atom is -0.428 e. The number of aryl methyl sites for hydroxylation is 1. The van der Waals surface area contributed by atoms with Crippen LogP contribution in [0.25, 0.3) is 11.3 Å². The van der Waals surface area contributed by atoms with Gasteiger partial charge in [0.15, 0.2) is 0 Å². The highest BCUT2D eigenvalue weighted by Crippen LogP contribution is 2.41. The van der Waals surface area contributed by atoms with Crippen molar-refractivity contribution < 1.29 is 38.1 Å². The van der Waals surface area contributed by atoms with Crippen LogP contribution in [0.1, 0.15) is 76.1 Å². The van der Waals surface area contributed by atoms with E-state index in [1.807, 2.05) is 19.1 Å². The number of carbonyl (C=O) groups excluding carboxylic acids is 2. The van der Waals surface area contributed by atoms with Crippen molar-refractivity contribution in [2.24, 2.45) is 11.8 Å². The molecule has 1 fully saturated rings. The summed E-state index contributed by atoms with van der Waals surface area (Å²) in [6.07, 6.45) is 2.29. The zero-order valence-corrected chi connectivity index (χ0v) is 25.2. The monoisotopic (exact) mass is 612 g/mol. The van der Waals surface area contributed by atoms with Gasteiger partial charge in [-0.3, -0.25) is 14.6 Å². The van der Waals surface area contributed by atoms with Crippen molar-refractivity contribution in [2.45, 2.75) is 77.4 Å². The Morgan fingerprint density at radius 3 is 2.36 bits per heavy atom. The zero-order chi connectivity index (χ0) is 32.1. The number of nitrogens with one attached hydrogen (secondary N) is 1. The second-order valence-corrected chi connectivity index (χ2v) is 12.0. The Balaban J connectivity index is 1.34. The predicted molar refractivity (Wildman–Crippen MR) is 158 cm³/mol. The third-order valence-electron chi connectivity index (χ3n) is 7.69. The first-order chi connectivity index (χ1) is 20.7. The molecule has 0 radical (unpaired) electrons. The van der Waals surface area contributed by atoms with E-state index in [1.165, 1.54) is 32.2 Å². The third kappa shape index (κ3) is 8.76. The van der Waals surface area contributed by atoms with Crippen LogP contribution in [0.2, 0.25) is 0 Å². The molecule has 1 aliphatic carbocycles. The molecule has 1 saturated carbocycles. The number of alkyl halides is 2. The van der Waals surface area contributed by atoms with Gasteiger partial charge in [0, 0.05) is 23.5 Å². The molecule has 0 bridgehead atoms. The fourth-order valence-corrected chi connectivity index (χ4v) is 5.28. The Labute approximate surface area is 254 Å². The lowest BCUT2D eigenvalue weighted by atomic mass is 9.73. The summed E-state index contributed by atoms with van der Waals surface area (Å²) < 4.78 is 36.2. The van der Waals surface area contributed by atoms with E-state index < -0.39 is 36.4 Å². The number of ether oxygens (including phenoxy) is 2. The number of aliphatic hydroxyl groups is 2. The topological polar surface area (TPSA) is 144 Å². The van der Waals surface area contributed by atoms with Crippen LogP contribution in [-0.4, -0.2) is 49.5 Å². The summed E-state index contributed by atoms with van der Waals surface area (Å²) >= 11 is 0. The first-order valence-electron chi connectivity index (χ1n) is 14.4. The van der Waals surface area contributed by atoms with Gasteiger partial charge in [0.1, 0.15) is 17.2 Å². The van der Waals surface area contributed by atoms with E-state index in [9.17, 15) is 28.6 Å². The third-order valence-corrected chi connectivity index (χ3v) is 7.69. The highest BCUT2D eigenvalue weighted by atomic mass is 19.3. The number of aromatic nitrogens is 3. The van der Waals surface area contributed by atoms with Crippen LogP contribution in [0.3, 0.4) is 0 Å². The van der Waals surface area contributed by atoms with Crippen molar-refractivity contribution in [2.75, 3.05) is 12.1 Å². The Morgan fingerprint density at radius 2 is 1.73 bits per heavy atom. The van der Waals surface area contributed by atoms with E-state index in [1.54, 1.807) is 25.3 Å². The molecule has 0 saturated heterocycles. The van der Waals surface area contributed by atoms with Crippen LogP contribution in [0.4, 0.5) is 20.4 Å². The average Bonchev–Trinajstić information content (AvgIpc) is 2.96. The van der Waals surface area contributed by atoms with E-state index in [0.29, 0.717) is 48.5 Å².